The summed E-state index contributed by atoms with van der Waals surface area (Å²) in [6, 6.07) is 14.1. The highest BCUT2D eigenvalue weighted by atomic mass is 32.2. The van der Waals surface area contributed by atoms with Gasteiger partial charge in [0, 0.05) is 36.1 Å². The van der Waals surface area contributed by atoms with Gasteiger partial charge in [-0.15, -0.1) is 0 Å². The second-order valence-corrected chi connectivity index (χ2v) is 8.34. The van der Waals surface area contributed by atoms with Crippen molar-refractivity contribution < 1.29 is 8.42 Å². The molecular weight excluding hydrogens is 380 g/mol. The number of hydrogen-bond acceptors (Lipinski definition) is 5. The van der Waals surface area contributed by atoms with Gasteiger partial charge >= 0.3 is 0 Å². The van der Waals surface area contributed by atoms with E-state index in [1.54, 1.807) is 64.9 Å². The quantitative estimate of drug-likeness (QED) is 0.541. The maximum absolute atomic E-state index is 12.6. The number of aromatic nitrogens is 3. The molecular formula is C19H16N4O2S2. The van der Waals surface area contributed by atoms with Gasteiger partial charge in [-0.2, -0.15) is 16.4 Å². The SMILES string of the molecule is O=S(=O)(NCc1cccnc1-c1ccsc1)c1ccc(-n2cccn2)cc1. The summed E-state index contributed by atoms with van der Waals surface area (Å²) in [7, 11) is -3.63. The van der Waals surface area contributed by atoms with E-state index in [2.05, 4.69) is 14.8 Å². The Morgan fingerprint density at radius 2 is 1.89 bits per heavy atom. The Morgan fingerprint density at radius 1 is 1.04 bits per heavy atom. The van der Waals surface area contributed by atoms with Crippen LogP contribution in [-0.4, -0.2) is 23.2 Å². The lowest BCUT2D eigenvalue weighted by molar-refractivity contribution is 0.581. The molecule has 1 N–H and O–H groups in total. The van der Waals surface area contributed by atoms with Crippen molar-refractivity contribution >= 4 is 21.4 Å². The topological polar surface area (TPSA) is 76.9 Å². The van der Waals surface area contributed by atoms with Gasteiger partial charge in [0.1, 0.15) is 0 Å². The zero-order valence-electron chi connectivity index (χ0n) is 14.2. The third-order valence-corrected chi connectivity index (χ3v) is 6.15. The standard InChI is InChI=1S/C19H16N4O2S2/c24-27(25,18-6-4-17(5-7-18)23-11-2-10-21-23)22-13-15-3-1-9-20-19(15)16-8-12-26-14-16/h1-12,14,22H,13H2. The Bertz CT molecular complexity index is 1120. The summed E-state index contributed by atoms with van der Waals surface area (Å²) >= 11 is 1.58. The first-order valence-corrected chi connectivity index (χ1v) is 10.6. The zero-order valence-corrected chi connectivity index (χ0v) is 15.8. The molecule has 0 saturated heterocycles. The average molecular weight is 396 g/mol. The van der Waals surface area contributed by atoms with Gasteiger partial charge in [-0.3, -0.25) is 4.98 Å². The molecule has 8 heteroatoms. The highest BCUT2D eigenvalue weighted by Crippen LogP contribution is 2.24. The predicted octanol–water partition coefficient (Wildman–Crippen LogP) is 3.47. The lowest BCUT2D eigenvalue weighted by Crippen LogP contribution is -2.23. The van der Waals surface area contributed by atoms with E-state index >= 15 is 0 Å². The third kappa shape index (κ3) is 3.82. The van der Waals surface area contributed by atoms with E-state index in [-0.39, 0.29) is 11.4 Å². The molecule has 0 fully saturated rings. The summed E-state index contributed by atoms with van der Waals surface area (Å²) in [5.41, 5.74) is 3.40. The van der Waals surface area contributed by atoms with E-state index in [1.807, 2.05) is 29.0 Å². The molecule has 0 unspecified atom stereocenters. The van der Waals surface area contributed by atoms with Crippen molar-refractivity contribution in [2.24, 2.45) is 0 Å². The summed E-state index contributed by atoms with van der Waals surface area (Å²) < 4.78 is 29.6. The first-order valence-electron chi connectivity index (χ1n) is 8.20. The molecule has 0 saturated carbocycles. The highest BCUT2D eigenvalue weighted by Gasteiger charge is 2.15. The average Bonchev–Trinajstić information content (AvgIpc) is 3.41. The molecule has 27 heavy (non-hydrogen) atoms. The Labute approximate surface area is 161 Å². The summed E-state index contributed by atoms with van der Waals surface area (Å²) in [6.07, 6.45) is 5.18. The number of hydrogen-bond donors (Lipinski definition) is 1. The second kappa shape index (κ2) is 7.43. The fourth-order valence-corrected chi connectivity index (χ4v) is 4.34. The number of sulfonamides is 1. The second-order valence-electron chi connectivity index (χ2n) is 5.79. The molecule has 3 heterocycles. The van der Waals surface area contributed by atoms with Gasteiger partial charge in [0.25, 0.3) is 0 Å². The third-order valence-electron chi connectivity index (χ3n) is 4.05. The van der Waals surface area contributed by atoms with E-state index < -0.39 is 10.0 Å². The van der Waals surface area contributed by atoms with Crippen LogP contribution in [0.3, 0.4) is 0 Å². The van der Waals surface area contributed by atoms with Crippen LogP contribution >= 0.6 is 11.3 Å². The summed E-state index contributed by atoms with van der Waals surface area (Å²) in [4.78, 5) is 4.60. The number of pyridine rings is 1. The van der Waals surface area contributed by atoms with Gasteiger partial charge in [-0.1, -0.05) is 6.07 Å². The minimum Gasteiger partial charge on any atom is -0.256 e. The van der Waals surface area contributed by atoms with Gasteiger partial charge in [-0.05, 0) is 53.4 Å². The van der Waals surface area contributed by atoms with E-state index in [4.69, 9.17) is 0 Å². The van der Waals surface area contributed by atoms with Crippen LogP contribution in [0.2, 0.25) is 0 Å². The fraction of sp³-hybridized carbons (Fsp3) is 0.0526. The summed E-state index contributed by atoms with van der Waals surface area (Å²) in [5, 5.41) is 8.10. The molecule has 3 aromatic heterocycles. The normalized spacial score (nSPS) is 11.6. The Hall–Kier alpha value is -2.81. The maximum Gasteiger partial charge on any atom is 0.240 e. The number of rotatable bonds is 6. The predicted molar refractivity (Wildman–Crippen MR) is 105 cm³/mol. The molecule has 0 aliphatic carbocycles. The minimum atomic E-state index is -3.63. The molecule has 0 aliphatic heterocycles. The first kappa shape index (κ1) is 17.6. The van der Waals surface area contributed by atoms with E-state index in [0.717, 1.165) is 22.5 Å². The molecule has 0 atom stereocenters. The van der Waals surface area contributed by atoms with Crippen LogP contribution in [0.15, 0.2) is 82.8 Å². The van der Waals surface area contributed by atoms with Crippen molar-refractivity contribution in [3.05, 3.63) is 83.4 Å². The smallest absolute Gasteiger partial charge is 0.240 e. The van der Waals surface area contributed by atoms with Crippen LogP contribution in [0.5, 0.6) is 0 Å². The van der Waals surface area contributed by atoms with E-state index in [1.165, 1.54) is 0 Å². The van der Waals surface area contributed by atoms with Gasteiger partial charge in [0.2, 0.25) is 10.0 Å². The van der Waals surface area contributed by atoms with Crippen LogP contribution in [0.25, 0.3) is 16.9 Å². The van der Waals surface area contributed by atoms with Gasteiger partial charge in [0.15, 0.2) is 0 Å². The van der Waals surface area contributed by atoms with Crippen molar-refractivity contribution in [1.82, 2.24) is 19.5 Å². The Kier molecular flexibility index (Phi) is 4.85. The molecule has 0 bridgehead atoms. The molecule has 0 aliphatic rings. The molecule has 4 aromatic rings. The number of benzene rings is 1. The molecule has 4 rings (SSSR count). The van der Waals surface area contributed by atoms with Crippen LogP contribution in [-0.2, 0) is 16.6 Å². The Balaban J connectivity index is 1.53. The Morgan fingerprint density at radius 3 is 2.59 bits per heavy atom. The first-order chi connectivity index (χ1) is 13.1. The lowest BCUT2D eigenvalue weighted by atomic mass is 10.1. The minimum absolute atomic E-state index is 0.169. The molecule has 0 radical (unpaired) electrons. The number of nitrogens with zero attached hydrogens (tertiary/aromatic N) is 3. The summed E-state index contributed by atoms with van der Waals surface area (Å²) in [6.45, 7) is 0.169. The summed E-state index contributed by atoms with van der Waals surface area (Å²) in [5.74, 6) is 0. The van der Waals surface area contributed by atoms with Gasteiger partial charge in [-0.25, -0.2) is 17.8 Å². The van der Waals surface area contributed by atoms with E-state index in [0.29, 0.717) is 0 Å². The molecule has 0 spiro atoms. The number of thiophene rings is 1. The largest absolute Gasteiger partial charge is 0.256 e. The van der Waals surface area contributed by atoms with Crippen LogP contribution < -0.4 is 4.72 Å². The van der Waals surface area contributed by atoms with Crippen LogP contribution in [0, 0.1) is 0 Å². The monoisotopic (exact) mass is 396 g/mol. The van der Waals surface area contributed by atoms with Gasteiger partial charge in [0.05, 0.1) is 16.3 Å². The van der Waals surface area contributed by atoms with Crippen LogP contribution in [0.1, 0.15) is 5.56 Å². The molecule has 6 nitrogen and oxygen atoms in total. The van der Waals surface area contributed by atoms with Crippen molar-refractivity contribution in [2.45, 2.75) is 11.4 Å². The molecule has 136 valence electrons. The van der Waals surface area contributed by atoms with Crippen LogP contribution in [0.4, 0.5) is 0 Å². The fourth-order valence-electron chi connectivity index (χ4n) is 2.70. The lowest BCUT2D eigenvalue weighted by Gasteiger charge is -2.10. The zero-order chi connectivity index (χ0) is 18.7. The van der Waals surface area contributed by atoms with Crippen molar-refractivity contribution in [2.75, 3.05) is 0 Å². The van der Waals surface area contributed by atoms with Gasteiger partial charge < -0.3 is 0 Å². The molecule has 0 amide bonds. The van der Waals surface area contributed by atoms with Crippen molar-refractivity contribution in [3.8, 4) is 16.9 Å². The molecule has 1 aromatic carbocycles. The van der Waals surface area contributed by atoms with Crippen molar-refractivity contribution in [1.29, 1.82) is 0 Å². The maximum atomic E-state index is 12.6. The number of nitrogens with one attached hydrogen (secondary N) is 1. The van der Waals surface area contributed by atoms with E-state index in [9.17, 15) is 8.42 Å². The highest BCUT2D eigenvalue weighted by molar-refractivity contribution is 7.89. The van der Waals surface area contributed by atoms with Crippen molar-refractivity contribution in [3.63, 3.8) is 0 Å².